The highest BCUT2D eigenvalue weighted by molar-refractivity contribution is 6.71. The molecule has 21 heavy (non-hydrogen) atoms. The summed E-state index contributed by atoms with van der Waals surface area (Å²) in [4.78, 5) is 12.1. The van der Waals surface area contributed by atoms with Gasteiger partial charge in [0.1, 0.15) is 0 Å². The second-order valence-corrected chi connectivity index (χ2v) is 10.7. The van der Waals surface area contributed by atoms with Gasteiger partial charge in [0.25, 0.3) is 8.56 Å². The molecule has 0 amide bonds. The summed E-state index contributed by atoms with van der Waals surface area (Å²) in [6.07, 6.45) is 15.2. The Bertz CT molecular complexity index is 266. The first-order chi connectivity index (χ1) is 10.1. The van der Waals surface area contributed by atoms with E-state index in [-0.39, 0.29) is 0 Å². The van der Waals surface area contributed by atoms with Crippen LogP contribution >= 0.6 is 0 Å². The Balaban J connectivity index is 1.93. The van der Waals surface area contributed by atoms with E-state index in [0.717, 1.165) is 12.1 Å². The zero-order chi connectivity index (χ0) is 15.1. The van der Waals surface area contributed by atoms with E-state index in [9.17, 15) is 0 Å². The van der Waals surface area contributed by atoms with Gasteiger partial charge in [-0.05, 0) is 44.7 Å². The molecular weight excluding hydrogens is 274 g/mol. The van der Waals surface area contributed by atoms with Gasteiger partial charge in [-0.1, -0.05) is 52.4 Å². The van der Waals surface area contributed by atoms with Gasteiger partial charge >= 0.3 is 0 Å². The normalized spacial score (nSPS) is 24.1. The summed E-state index contributed by atoms with van der Waals surface area (Å²) in [5, 5.41) is 0. The predicted molar refractivity (Wildman–Crippen MR) is 94.5 cm³/mol. The Morgan fingerprint density at radius 1 is 0.857 bits per heavy atom. The Kier molecular flexibility index (Phi) is 7.19. The number of nitrogens with one attached hydrogen (secondary N) is 3. The molecule has 124 valence electrons. The van der Waals surface area contributed by atoms with Crippen LogP contribution in [0.25, 0.3) is 0 Å². The zero-order valence-corrected chi connectivity index (χ0v) is 15.5. The molecule has 0 aromatic carbocycles. The first kappa shape index (κ1) is 17.5. The molecule has 1 atom stereocenters. The molecule has 0 saturated heterocycles. The molecule has 3 nitrogen and oxygen atoms in total. The van der Waals surface area contributed by atoms with Crippen LogP contribution in [0.3, 0.4) is 0 Å². The Morgan fingerprint density at radius 3 is 1.67 bits per heavy atom. The van der Waals surface area contributed by atoms with Crippen LogP contribution in [0.5, 0.6) is 0 Å². The lowest BCUT2D eigenvalue weighted by molar-refractivity contribution is 0.383. The van der Waals surface area contributed by atoms with Crippen molar-refractivity contribution in [2.75, 3.05) is 0 Å². The number of hydrogen-bond donors (Lipinski definition) is 3. The maximum atomic E-state index is 4.06. The smallest absolute Gasteiger partial charge is 0.278 e. The molecule has 0 heterocycles. The van der Waals surface area contributed by atoms with Crippen molar-refractivity contribution in [3.8, 4) is 0 Å². The maximum absolute atomic E-state index is 4.06. The second-order valence-electron chi connectivity index (χ2n) is 7.54. The van der Waals surface area contributed by atoms with Gasteiger partial charge in [0.2, 0.25) is 0 Å². The maximum Gasteiger partial charge on any atom is 0.278 e. The summed E-state index contributed by atoms with van der Waals surface area (Å²) in [5.74, 6) is 0. The first-order valence-corrected chi connectivity index (χ1v) is 11.9. The lowest BCUT2D eigenvalue weighted by Crippen LogP contribution is -2.75. The molecule has 1 unspecified atom stereocenters. The summed E-state index contributed by atoms with van der Waals surface area (Å²) in [6, 6.07) is 2.08. The van der Waals surface area contributed by atoms with Crippen LogP contribution < -0.4 is 14.9 Å². The molecule has 0 bridgehead atoms. The van der Waals surface area contributed by atoms with Crippen molar-refractivity contribution in [1.29, 1.82) is 0 Å². The van der Waals surface area contributed by atoms with E-state index >= 15 is 0 Å². The van der Waals surface area contributed by atoms with Gasteiger partial charge in [0.15, 0.2) is 0 Å². The minimum Gasteiger partial charge on any atom is -0.311 e. The molecule has 2 rings (SSSR count). The Hall–Kier alpha value is 0.0969. The summed E-state index contributed by atoms with van der Waals surface area (Å²) in [7, 11) is -1.76. The molecule has 0 aliphatic heterocycles. The molecule has 0 aromatic rings. The quantitative estimate of drug-likeness (QED) is 0.626. The third-order valence-electron chi connectivity index (χ3n) is 5.34. The molecule has 2 fully saturated rings. The molecule has 2 aliphatic rings. The average molecular weight is 312 g/mol. The summed E-state index contributed by atoms with van der Waals surface area (Å²) >= 11 is 0. The molecule has 0 radical (unpaired) electrons. The molecule has 2 saturated carbocycles. The standard InChI is InChI=1S/C17H37N3Si/c1-4-15(2)18-21(3,19-16-11-7-5-8-12-16)20-17-13-9-6-10-14-17/h15-20H,4-14H2,1-3H3. The van der Waals surface area contributed by atoms with Gasteiger partial charge in [-0.3, -0.25) is 0 Å². The van der Waals surface area contributed by atoms with Crippen LogP contribution in [0.15, 0.2) is 0 Å². The van der Waals surface area contributed by atoms with Crippen molar-refractivity contribution >= 4 is 8.56 Å². The van der Waals surface area contributed by atoms with Gasteiger partial charge in [-0.15, -0.1) is 0 Å². The van der Waals surface area contributed by atoms with Gasteiger partial charge in [-0.2, -0.15) is 0 Å². The van der Waals surface area contributed by atoms with Crippen molar-refractivity contribution in [1.82, 2.24) is 14.9 Å². The van der Waals surface area contributed by atoms with Crippen LogP contribution in [-0.2, 0) is 0 Å². The van der Waals surface area contributed by atoms with Crippen LogP contribution in [0.1, 0.15) is 84.5 Å². The van der Waals surface area contributed by atoms with Crippen LogP contribution in [0.4, 0.5) is 0 Å². The first-order valence-electron chi connectivity index (χ1n) is 9.44. The minimum atomic E-state index is -1.76. The molecular formula is C17H37N3Si. The summed E-state index contributed by atoms with van der Waals surface area (Å²) in [5.41, 5.74) is 0. The predicted octanol–water partition coefficient (Wildman–Crippen LogP) is 3.79. The fraction of sp³-hybridized carbons (Fsp3) is 1.00. The second kappa shape index (κ2) is 8.66. The SMILES string of the molecule is CCC(C)N[Si](C)(NC1CCCCC1)NC1CCCCC1. The van der Waals surface area contributed by atoms with Crippen molar-refractivity contribution in [2.45, 2.75) is 109 Å². The van der Waals surface area contributed by atoms with E-state index in [1.54, 1.807) is 0 Å². The molecule has 0 aromatic heterocycles. The zero-order valence-electron chi connectivity index (χ0n) is 14.5. The van der Waals surface area contributed by atoms with Crippen molar-refractivity contribution < 1.29 is 0 Å². The van der Waals surface area contributed by atoms with E-state index in [4.69, 9.17) is 0 Å². The van der Waals surface area contributed by atoms with Gasteiger partial charge < -0.3 is 14.9 Å². The van der Waals surface area contributed by atoms with Gasteiger partial charge in [0, 0.05) is 12.1 Å². The van der Waals surface area contributed by atoms with Crippen molar-refractivity contribution in [3.63, 3.8) is 0 Å². The third-order valence-corrected chi connectivity index (χ3v) is 8.38. The molecule has 0 spiro atoms. The number of rotatable bonds is 7. The lowest BCUT2D eigenvalue weighted by Gasteiger charge is -2.40. The van der Waals surface area contributed by atoms with Crippen LogP contribution in [0, 0.1) is 0 Å². The largest absolute Gasteiger partial charge is 0.311 e. The minimum absolute atomic E-state index is 0.605. The molecule has 3 N–H and O–H groups in total. The highest BCUT2D eigenvalue weighted by atomic mass is 28.4. The van der Waals surface area contributed by atoms with Crippen LogP contribution in [0.2, 0.25) is 6.55 Å². The van der Waals surface area contributed by atoms with E-state index in [1.807, 2.05) is 0 Å². The number of hydrogen-bond acceptors (Lipinski definition) is 3. The molecule has 4 heteroatoms. The van der Waals surface area contributed by atoms with E-state index in [0.29, 0.717) is 6.04 Å². The molecule has 2 aliphatic carbocycles. The fourth-order valence-electron chi connectivity index (χ4n) is 4.03. The van der Waals surface area contributed by atoms with Crippen LogP contribution in [-0.4, -0.2) is 26.7 Å². The van der Waals surface area contributed by atoms with E-state index in [2.05, 4.69) is 35.3 Å². The van der Waals surface area contributed by atoms with Gasteiger partial charge in [0.05, 0.1) is 0 Å². The van der Waals surface area contributed by atoms with E-state index < -0.39 is 8.56 Å². The Labute approximate surface area is 133 Å². The monoisotopic (exact) mass is 311 g/mol. The van der Waals surface area contributed by atoms with E-state index in [1.165, 1.54) is 70.6 Å². The third kappa shape index (κ3) is 6.01. The average Bonchev–Trinajstić information content (AvgIpc) is 2.48. The van der Waals surface area contributed by atoms with Crippen molar-refractivity contribution in [2.24, 2.45) is 0 Å². The highest BCUT2D eigenvalue weighted by Crippen LogP contribution is 2.21. The summed E-state index contributed by atoms with van der Waals surface area (Å²) < 4.78 is 0. The lowest BCUT2D eigenvalue weighted by atomic mass is 9.96. The summed E-state index contributed by atoms with van der Waals surface area (Å²) in [6.45, 7) is 7.08. The topological polar surface area (TPSA) is 36.1 Å². The van der Waals surface area contributed by atoms with Gasteiger partial charge in [-0.25, -0.2) is 0 Å². The fourth-order valence-corrected chi connectivity index (χ4v) is 7.68. The van der Waals surface area contributed by atoms with Crippen molar-refractivity contribution in [3.05, 3.63) is 0 Å². The highest BCUT2D eigenvalue weighted by Gasteiger charge is 2.35. The Morgan fingerprint density at radius 2 is 1.29 bits per heavy atom.